The fourth-order valence-electron chi connectivity index (χ4n) is 6.60. The van der Waals surface area contributed by atoms with Crippen LogP contribution in [-0.2, 0) is 28.5 Å². The molecule has 2 aromatic carbocycles. The third-order valence-electron chi connectivity index (χ3n) is 9.87. The van der Waals surface area contributed by atoms with Crippen molar-refractivity contribution in [1.82, 2.24) is 0 Å². The molecule has 0 aliphatic heterocycles. The van der Waals surface area contributed by atoms with E-state index in [9.17, 15) is 19.2 Å². The topological polar surface area (TPSA) is 146 Å². The van der Waals surface area contributed by atoms with Crippen molar-refractivity contribution < 1.29 is 48.3 Å². The standard InChI is InChI=1S/C23H32O5.C22H30O5/c1-2-3-4-5-6-17-27-20-12-14-21(15-13-20)28-23(26)19-10-7-18(8-11-19)9-16-22(24)25;1-2-3-4-5-16-26-19-11-13-20(14-12-19)27-22(25)18-9-6-17(7-10-18)8-15-21(23)24/h7-11,16,20-21H,2-6,12-15,17H2,1H3,(H,24,25);6-10,15,19-20H,2-5,11-14,16H2,1H3,(H,23,24)/b16-9+;15-8+. The molecule has 0 radical (unpaired) electrons. The number of unbranched alkanes of at least 4 members (excludes halogenated alkanes) is 7. The Morgan fingerprint density at radius 3 is 1.18 bits per heavy atom. The van der Waals surface area contributed by atoms with Crippen LogP contribution in [0, 0.1) is 0 Å². The Bertz CT molecular complexity index is 1460. The average Bonchev–Trinajstić information content (AvgIpc) is 3.19. The van der Waals surface area contributed by atoms with Crippen molar-refractivity contribution in [3.05, 3.63) is 82.9 Å². The van der Waals surface area contributed by atoms with E-state index in [0.29, 0.717) is 23.3 Å². The van der Waals surface area contributed by atoms with Crippen LogP contribution in [0.1, 0.15) is 155 Å². The Hall–Kier alpha value is -4.28. The third-order valence-corrected chi connectivity index (χ3v) is 9.87. The van der Waals surface area contributed by atoms with Crippen molar-refractivity contribution in [2.45, 2.75) is 147 Å². The Labute approximate surface area is 327 Å². The molecule has 10 heteroatoms. The second-order valence-electron chi connectivity index (χ2n) is 14.4. The summed E-state index contributed by atoms with van der Waals surface area (Å²) in [5.74, 6) is -2.65. The van der Waals surface area contributed by atoms with Crippen LogP contribution in [0.2, 0.25) is 0 Å². The largest absolute Gasteiger partial charge is 0.478 e. The van der Waals surface area contributed by atoms with Crippen LogP contribution in [-0.4, -0.2) is 71.7 Å². The Morgan fingerprint density at radius 1 is 0.509 bits per heavy atom. The number of hydrogen-bond acceptors (Lipinski definition) is 8. The van der Waals surface area contributed by atoms with Gasteiger partial charge in [-0.1, -0.05) is 83.1 Å². The molecule has 2 fully saturated rings. The van der Waals surface area contributed by atoms with E-state index in [1.807, 2.05) is 0 Å². The van der Waals surface area contributed by atoms with Crippen molar-refractivity contribution in [3.8, 4) is 0 Å². The molecule has 4 rings (SSSR count). The lowest BCUT2D eigenvalue weighted by atomic mass is 9.95. The summed E-state index contributed by atoms with van der Waals surface area (Å²) < 4.78 is 23.1. The number of carboxylic acids is 2. The molecule has 55 heavy (non-hydrogen) atoms. The van der Waals surface area contributed by atoms with Gasteiger partial charge in [0.15, 0.2) is 0 Å². The quantitative estimate of drug-likeness (QED) is 0.0716. The van der Waals surface area contributed by atoms with Crippen molar-refractivity contribution in [1.29, 1.82) is 0 Å². The van der Waals surface area contributed by atoms with Crippen LogP contribution in [0.3, 0.4) is 0 Å². The van der Waals surface area contributed by atoms with E-state index in [2.05, 4.69) is 13.8 Å². The highest BCUT2D eigenvalue weighted by Crippen LogP contribution is 2.26. The Kier molecular flexibility index (Phi) is 21.7. The van der Waals surface area contributed by atoms with Gasteiger partial charge in [-0.15, -0.1) is 0 Å². The summed E-state index contributed by atoms with van der Waals surface area (Å²) in [6, 6.07) is 13.5. The highest BCUT2D eigenvalue weighted by molar-refractivity contribution is 5.91. The molecule has 0 spiro atoms. The zero-order chi connectivity index (χ0) is 39.7. The average molecular weight is 763 g/mol. The van der Waals surface area contributed by atoms with Crippen molar-refractivity contribution in [2.24, 2.45) is 0 Å². The summed E-state index contributed by atoms with van der Waals surface area (Å²) in [5.41, 5.74) is 2.42. The van der Waals surface area contributed by atoms with Crippen LogP contribution in [0.25, 0.3) is 12.2 Å². The number of carboxylic acid groups (broad SMARTS) is 2. The molecule has 2 aromatic rings. The Morgan fingerprint density at radius 2 is 0.836 bits per heavy atom. The number of carbonyl (C=O) groups excluding carboxylic acids is 2. The van der Waals surface area contributed by atoms with E-state index >= 15 is 0 Å². The zero-order valence-electron chi connectivity index (χ0n) is 32.8. The lowest BCUT2D eigenvalue weighted by molar-refractivity contribution is -0.132. The molecule has 0 bridgehead atoms. The summed E-state index contributed by atoms with van der Waals surface area (Å²) in [6.45, 7) is 6.09. The smallest absolute Gasteiger partial charge is 0.338 e. The fraction of sp³-hybridized carbons (Fsp3) is 0.556. The molecule has 0 unspecified atom stereocenters. The van der Waals surface area contributed by atoms with E-state index in [4.69, 9.17) is 29.2 Å². The number of rotatable bonds is 21. The van der Waals surface area contributed by atoms with Gasteiger partial charge in [-0.25, -0.2) is 19.2 Å². The molecular weight excluding hydrogens is 700 g/mol. The van der Waals surface area contributed by atoms with Gasteiger partial charge in [-0.2, -0.15) is 0 Å². The first-order valence-electron chi connectivity index (χ1n) is 20.3. The highest BCUT2D eigenvalue weighted by atomic mass is 16.5. The second kappa shape index (κ2) is 26.5. The van der Waals surface area contributed by atoms with E-state index in [0.717, 1.165) is 101 Å². The molecule has 0 atom stereocenters. The predicted octanol–water partition coefficient (Wildman–Crippen LogP) is 10.1. The van der Waals surface area contributed by atoms with Gasteiger partial charge in [-0.05, 0) is 112 Å². The number of hydrogen-bond donors (Lipinski definition) is 2. The minimum Gasteiger partial charge on any atom is -0.478 e. The first kappa shape index (κ1) is 45.1. The van der Waals surface area contributed by atoms with Crippen LogP contribution in [0.5, 0.6) is 0 Å². The lowest BCUT2D eigenvalue weighted by Gasteiger charge is -2.28. The molecular formula is C45H62O10. The SMILES string of the molecule is CCCCCCCOC1CCC(OC(=O)c2ccc(/C=C/C(=O)O)cc2)CC1.CCCCCCOC1CCC(OC(=O)c2ccc(/C=C/C(=O)O)cc2)CC1. The molecule has 2 aliphatic carbocycles. The number of esters is 2. The number of carbonyl (C=O) groups is 4. The molecule has 0 heterocycles. The van der Waals surface area contributed by atoms with Gasteiger partial charge >= 0.3 is 23.9 Å². The van der Waals surface area contributed by atoms with E-state index in [1.165, 1.54) is 57.1 Å². The number of ether oxygens (including phenoxy) is 4. The molecule has 0 amide bonds. The van der Waals surface area contributed by atoms with Crippen molar-refractivity contribution in [3.63, 3.8) is 0 Å². The summed E-state index contributed by atoms with van der Waals surface area (Å²) in [4.78, 5) is 45.6. The van der Waals surface area contributed by atoms with Crippen LogP contribution >= 0.6 is 0 Å². The minimum atomic E-state index is -1.00. The molecule has 0 aromatic heterocycles. The first-order valence-corrected chi connectivity index (χ1v) is 20.3. The fourth-order valence-corrected chi connectivity index (χ4v) is 6.60. The zero-order valence-corrected chi connectivity index (χ0v) is 32.8. The molecule has 0 saturated heterocycles. The van der Waals surface area contributed by atoms with Gasteiger partial charge in [0.1, 0.15) is 12.2 Å². The van der Waals surface area contributed by atoms with Crippen molar-refractivity contribution in [2.75, 3.05) is 13.2 Å². The first-order chi connectivity index (χ1) is 26.7. The highest BCUT2D eigenvalue weighted by Gasteiger charge is 2.26. The van der Waals surface area contributed by atoms with E-state index in [-0.39, 0.29) is 24.1 Å². The van der Waals surface area contributed by atoms with E-state index < -0.39 is 11.9 Å². The summed E-state index contributed by atoms with van der Waals surface area (Å²) in [5, 5.41) is 17.3. The van der Waals surface area contributed by atoms with Gasteiger partial charge in [0.25, 0.3) is 0 Å². The van der Waals surface area contributed by atoms with Gasteiger partial charge < -0.3 is 29.2 Å². The molecule has 2 saturated carbocycles. The van der Waals surface area contributed by atoms with Gasteiger partial charge in [-0.3, -0.25) is 0 Å². The lowest BCUT2D eigenvalue weighted by Crippen LogP contribution is -2.28. The Balaban J connectivity index is 0.000000296. The maximum absolute atomic E-state index is 12.3. The molecule has 302 valence electrons. The monoisotopic (exact) mass is 762 g/mol. The third kappa shape index (κ3) is 19.2. The second-order valence-corrected chi connectivity index (χ2v) is 14.4. The van der Waals surface area contributed by atoms with Crippen LogP contribution in [0.4, 0.5) is 0 Å². The molecule has 10 nitrogen and oxygen atoms in total. The van der Waals surface area contributed by atoms with Gasteiger partial charge in [0.05, 0.1) is 23.3 Å². The normalized spacial score (nSPS) is 19.7. The van der Waals surface area contributed by atoms with Gasteiger partial charge in [0.2, 0.25) is 0 Å². The van der Waals surface area contributed by atoms with Crippen LogP contribution in [0.15, 0.2) is 60.7 Å². The number of benzene rings is 2. The maximum atomic E-state index is 12.3. The molecule has 2 N–H and O–H groups in total. The maximum Gasteiger partial charge on any atom is 0.338 e. The van der Waals surface area contributed by atoms with Crippen molar-refractivity contribution >= 4 is 36.0 Å². The van der Waals surface area contributed by atoms with Crippen LogP contribution < -0.4 is 0 Å². The van der Waals surface area contributed by atoms with Gasteiger partial charge in [0, 0.05) is 25.4 Å². The van der Waals surface area contributed by atoms with E-state index in [1.54, 1.807) is 48.5 Å². The summed E-state index contributed by atoms with van der Waals surface area (Å²) in [6.07, 6.45) is 23.8. The molecule has 2 aliphatic rings. The summed E-state index contributed by atoms with van der Waals surface area (Å²) in [7, 11) is 0. The number of aliphatic carboxylic acids is 2. The predicted molar refractivity (Wildman–Crippen MR) is 214 cm³/mol. The minimum absolute atomic E-state index is 0.0518. The summed E-state index contributed by atoms with van der Waals surface area (Å²) >= 11 is 0.